The first-order valence-electron chi connectivity index (χ1n) is 6.49. The van der Waals surface area contributed by atoms with Crippen molar-refractivity contribution in [2.75, 3.05) is 6.61 Å². The maximum atomic E-state index is 12.1. The maximum absolute atomic E-state index is 12.1. The molecule has 1 rings (SSSR count). The molecule has 0 spiro atoms. The number of hydrogen-bond donors (Lipinski definition) is 3. The Morgan fingerprint density at radius 2 is 2.10 bits per heavy atom. The van der Waals surface area contributed by atoms with Gasteiger partial charge in [0.2, 0.25) is 0 Å². The van der Waals surface area contributed by atoms with E-state index >= 15 is 0 Å². The molecule has 122 valence electrons. The number of esters is 1. The molecule has 0 radical (unpaired) electrons. The van der Waals surface area contributed by atoms with E-state index in [1.165, 1.54) is 6.92 Å². The van der Waals surface area contributed by atoms with Gasteiger partial charge in [-0.2, -0.15) is 8.42 Å². The van der Waals surface area contributed by atoms with Gasteiger partial charge < -0.3 is 14.9 Å². The van der Waals surface area contributed by atoms with Gasteiger partial charge in [-0.15, -0.1) is 0 Å². The van der Waals surface area contributed by atoms with Gasteiger partial charge in [0, 0.05) is 13.3 Å². The molecule has 9 heteroatoms. The summed E-state index contributed by atoms with van der Waals surface area (Å²) < 4.78 is 37.7. The van der Waals surface area contributed by atoms with Crippen LogP contribution in [0.2, 0.25) is 0 Å². The number of carbonyl (C=O) groups excluding carboxylic acids is 2. The van der Waals surface area contributed by atoms with Crippen molar-refractivity contribution in [2.24, 2.45) is 5.41 Å². The first kappa shape index (κ1) is 18.0. The van der Waals surface area contributed by atoms with Crippen molar-refractivity contribution < 1.29 is 37.5 Å². The number of aliphatic hydroxyl groups excluding tert-OH is 2. The van der Waals surface area contributed by atoms with Crippen LogP contribution in [0.4, 0.5) is 0 Å². The smallest absolute Gasteiger partial charge is 0.302 e. The van der Waals surface area contributed by atoms with Gasteiger partial charge in [-0.05, 0) is 19.8 Å². The van der Waals surface area contributed by atoms with E-state index in [4.69, 9.17) is 9.84 Å². The van der Waals surface area contributed by atoms with E-state index in [2.05, 4.69) is 0 Å². The van der Waals surface area contributed by atoms with E-state index in [1.807, 2.05) is 0 Å². The van der Waals surface area contributed by atoms with Crippen LogP contribution in [-0.2, 0) is 24.4 Å². The Bertz CT molecular complexity index is 513. The predicted molar refractivity (Wildman–Crippen MR) is 70.9 cm³/mol. The minimum absolute atomic E-state index is 0.00961. The number of ether oxygens (including phenoxy) is 1. The molecule has 21 heavy (non-hydrogen) atoms. The largest absolute Gasteiger partial charge is 0.461 e. The lowest BCUT2D eigenvalue weighted by Crippen LogP contribution is -2.50. The predicted octanol–water partition coefficient (Wildman–Crippen LogP) is -0.713. The molecule has 0 aliphatic heterocycles. The molecule has 0 amide bonds. The number of aliphatic hydroxyl groups is 2. The van der Waals surface area contributed by atoms with Crippen LogP contribution in [0.5, 0.6) is 0 Å². The van der Waals surface area contributed by atoms with Crippen LogP contribution in [0.25, 0.3) is 0 Å². The van der Waals surface area contributed by atoms with Crippen molar-refractivity contribution in [1.29, 1.82) is 0 Å². The molecule has 1 aliphatic rings. The van der Waals surface area contributed by atoms with Crippen LogP contribution in [-0.4, -0.2) is 59.0 Å². The van der Waals surface area contributed by atoms with Gasteiger partial charge in [0.1, 0.15) is 17.1 Å². The van der Waals surface area contributed by atoms with Gasteiger partial charge in [-0.25, -0.2) is 0 Å². The Morgan fingerprint density at radius 3 is 2.52 bits per heavy atom. The molecule has 0 aromatic rings. The molecule has 0 heterocycles. The van der Waals surface area contributed by atoms with Crippen LogP contribution in [0.3, 0.4) is 0 Å². The lowest BCUT2D eigenvalue weighted by atomic mass is 9.79. The Kier molecular flexibility index (Phi) is 5.48. The molecular weight excluding hydrogens is 304 g/mol. The Balaban J connectivity index is 3.23. The lowest BCUT2D eigenvalue weighted by molar-refractivity contribution is -0.153. The zero-order valence-corrected chi connectivity index (χ0v) is 12.7. The van der Waals surface area contributed by atoms with E-state index in [9.17, 15) is 27.7 Å². The Labute approximate surface area is 122 Å². The van der Waals surface area contributed by atoms with Crippen molar-refractivity contribution in [2.45, 2.75) is 50.6 Å². The summed E-state index contributed by atoms with van der Waals surface area (Å²) in [5.41, 5.74) is -1.66. The van der Waals surface area contributed by atoms with Crippen LogP contribution in [0, 0.1) is 5.41 Å². The van der Waals surface area contributed by atoms with Crippen LogP contribution in [0.15, 0.2) is 0 Å². The summed E-state index contributed by atoms with van der Waals surface area (Å²) in [6.45, 7) is 1.71. The van der Waals surface area contributed by atoms with Crippen molar-refractivity contribution in [3.8, 4) is 0 Å². The standard InChI is InChI=1S/C12H20O8S/c1-7(14)20-10-4-3-9(16)12(10,2)11(21(17,18)19)5-8(15)6-13/h8,10-11,13,15H,3-6H2,1-2H3,(H,17,18,19). The van der Waals surface area contributed by atoms with Crippen molar-refractivity contribution in [3.63, 3.8) is 0 Å². The average molecular weight is 324 g/mol. The van der Waals surface area contributed by atoms with Crippen molar-refractivity contribution in [3.05, 3.63) is 0 Å². The first-order valence-corrected chi connectivity index (χ1v) is 7.99. The van der Waals surface area contributed by atoms with Crippen molar-refractivity contribution >= 4 is 21.9 Å². The highest BCUT2D eigenvalue weighted by Gasteiger charge is 2.57. The van der Waals surface area contributed by atoms with Gasteiger partial charge in [0.05, 0.1) is 18.1 Å². The molecule has 4 unspecified atom stereocenters. The molecule has 4 atom stereocenters. The number of carbonyl (C=O) groups is 2. The topological polar surface area (TPSA) is 138 Å². The minimum atomic E-state index is -4.70. The normalized spacial score (nSPS) is 29.2. The van der Waals surface area contributed by atoms with Gasteiger partial charge in [0.25, 0.3) is 10.1 Å². The molecular formula is C12H20O8S. The van der Waals surface area contributed by atoms with Gasteiger partial charge in [0.15, 0.2) is 0 Å². The zero-order valence-electron chi connectivity index (χ0n) is 11.9. The summed E-state index contributed by atoms with van der Waals surface area (Å²) in [5.74, 6) is -1.14. The van der Waals surface area contributed by atoms with E-state index in [0.29, 0.717) is 0 Å². The summed E-state index contributed by atoms with van der Waals surface area (Å²) in [7, 11) is -4.70. The van der Waals surface area contributed by atoms with Crippen molar-refractivity contribution in [1.82, 2.24) is 0 Å². The third-order valence-electron chi connectivity index (χ3n) is 3.94. The average Bonchev–Trinajstić information content (AvgIpc) is 2.62. The van der Waals surface area contributed by atoms with Crippen LogP contribution < -0.4 is 0 Å². The fourth-order valence-corrected chi connectivity index (χ4v) is 4.14. The second-order valence-electron chi connectivity index (χ2n) is 5.42. The fourth-order valence-electron chi connectivity index (χ4n) is 2.78. The molecule has 0 aromatic heterocycles. The van der Waals surface area contributed by atoms with E-state index in [1.54, 1.807) is 0 Å². The summed E-state index contributed by atoms with van der Waals surface area (Å²) in [6, 6.07) is 0. The second-order valence-corrected chi connectivity index (χ2v) is 7.02. The van der Waals surface area contributed by atoms with Crippen LogP contribution >= 0.6 is 0 Å². The molecule has 8 nitrogen and oxygen atoms in total. The quantitative estimate of drug-likeness (QED) is 0.430. The number of hydrogen-bond acceptors (Lipinski definition) is 7. The molecule has 3 N–H and O–H groups in total. The van der Waals surface area contributed by atoms with Gasteiger partial charge >= 0.3 is 5.97 Å². The lowest BCUT2D eigenvalue weighted by Gasteiger charge is -2.35. The molecule has 0 saturated heterocycles. The highest BCUT2D eigenvalue weighted by atomic mass is 32.2. The minimum Gasteiger partial charge on any atom is -0.461 e. The van der Waals surface area contributed by atoms with Gasteiger partial charge in [-0.1, -0.05) is 0 Å². The van der Waals surface area contributed by atoms with E-state index in [-0.39, 0.29) is 12.8 Å². The maximum Gasteiger partial charge on any atom is 0.302 e. The second kappa shape index (κ2) is 6.39. The summed E-state index contributed by atoms with van der Waals surface area (Å²) in [6.07, 6.45) is -2.79. The molecule has 0 aromatic carbocycles. The third kappa shape index (κ3) is 3.79. The Morgan fingerprint density at radius 1 is 1.52 bits per heavy atom. The summed E-state index contributed by atoms with van der Waals surface area (Å²) in [5, 5.41) is 16.7. The number of Topliss-reactive ketones (excluding diaryl/α,β-unsaturated/α-hetero) is 1. The highest BCUT2D eigenvalue weighted by molar-refractivity contribution is 7.86. The monoisotopic (exact) mass is 324 g/mol. The first-order chi connectivity index (χ1) is 9.53. The fraction of sp³-hybridized carbons (Fsp3) is 0.833. The van der Waals surface area contributed by atoms with Gasteiger partial charge in [-0.3, -0.25) is 14.1 Å². The molecule has 1 saturated carbocycles. The molecule has 1 aliphatic carbocycles. The third-order valence-corrected chi connectivity index (χ3v) is 5.34. The van der Waals surface area contributed by atoms with E-state index in [0.717, 1.165) is 6.92 Å². The number of rotatable bonds is 6. The summed E-state index contributed by atoms with van der Waals surface area (Å²) >= 11 is 0. The SMILES string of the molecule is CC(=O)OC1CCC(=O)C1(C)C(CC(O)CO)S(=O)(=O)O. The zero-order chi connectivity index (χ0) is 16.4. The highest BCUT2D eigenvalue weighted by Crippen LogP contribution is 2.44. The molecule has 0 bridgehead atoms. The van der Waals surface area contributed by atoms with E-state index < -0.39 is 57.8 Å². The number of ketones is 1. The molecule has 1 fully saturated rings. The Hall–Kier alpha value is -1.03. The summed E-state index contributed by atoms with van der Waals surface area (Å²) in [4.78, 5) is 23.2. The van der Waals surface area contributed by atoms with Crippen LogP contribution in [0.1, 0.15) is 33.1 Å².